The Hall–Kier alpha value is -1.20. The number of nitrogen functional groups attached to an aromatic ring is 1. The van der Waals surface area contributed by atoms with E-state index in [2.05, 4.69) is 15.9 Å². The van der Waals surface area contributed by atoms with E-state index in [1.807, 2.05) is 0 Å². The van der Waals surface area contributed by atoms with E-state index >= 15 is 0 Å². The first-order valence-electron chi connectivity index (χ1n) is 4.84. The lowest BCUT2D eigenvalue weighted by molar-refractivity contribution is 0.103. The Morgan fingerprint density at radius 2 is 2.18 bits per heavy atom. The van der Waals surface area contributed by atoms with Crippen LogP contribution in [0.1, 0.15) is 20.8 Å². The van der Waals surface area contributed by atoms with Gasteiger partial charge in [0.25, 0.3) is 0 Å². The molecule has 5 heteroatoms. The molecule has 0 amide bonds. The van der Waals surface area contributed by atoms with Crippen molar-refractivity contribution in [3.63, 3.8) is 0 Å². The minimum atomic E-state index is -0.510. The maximum absolute atomic E-state index is 13.9. The van der Waals surface area contributed by atoms with Gasteiger partial charge in [-0.1, -0.05) is 0 Å². The van der Waals surface area contributed by atoms with Crippen molar-refractivity contribution in [2.75, 3.05) is 5.73 Å². The number of rotatable bonds is 2. The molecule has 2 nitrogen and oxygen atoms in total. The highest BCUT2D eigenvalue weighted by atomic mass is 79.9. The number of thiophene rings is 1. The Kier molecular flexibility index (Phi) is 3.31. The molecule has 0 unspecified atom stereocenters. The molecule has 2 N–H and O–H groups in total. The van der Waals surface area contributed by atoms with Crippen molar-refractivity contribution in [1.29, 1.82) is 0 Å². The summed E-state index contributed by atoms with van der Waals surface area (Å²) < 4.78 is 14.5. The monoisotopic (exact) mass is 313 g/mol. The van der Waals surface area contributed by atoms with Crippen molar-refractivity contribution in [2.24, 2.45) is 0 Å². The molecule has 0 aliphatic rings. The Bertz CT molecular complexity index is 594. The summed E-state index contributed by atoms with van der Waals surface area (Å²) in [6.45, 7) is 1.59. The fourth-order valence-corrected chi connectivity index (χ4v) is 3.05. The van der Waals surface area contributed by atoms with Gasteiger partial charge in [-0.25, -0.2) is 4.39 Å². The highest BCUT2D eigenvalue weighted by Crippen LogP contribution is 2.28. The van der Waals surface area contributed by atoms with E-state index in [1.165, 1.54) is 23.5 Å². The molecule has 0 aliphatic heterocycles. The van der Waals surface area contributed by atoms with Crippen LogP contribution in [-0.4, -0.2) is 5.78 Å². The number of nitrogens with two attached hydrogens (primary N) is 1. The number of carbonyl (C=O) groups is 1. The van der Waals surface area contributed by atoms with E-state index < -0.39 is 5.82 Å². The second-order valence-corrected chi connectivity index (χ2v) is 5.40. The minimum absolute atomic E-state index is 0.0191. The molecule has 0 saturated carbocycles. The number of aryl methyl sites for hydroxylation is 1. The van der Waals surface area contributed by atoms with E-state index in [0.717, 1.165) is 0 Å². The number of hydrogen-bond donors (Lipinski definition) is 1. The highest BCUT2D eigenvalue weighted by Gasteiger charge is 2.19. The van der Waals surface area contributed by atoms with Crippen LogP contribution in [0, 0.1) is 12.7 Å². The third kappa shape index (κ3) is 2.25. The Labute approximate surface area is 110 Å². The van der Waals surface area contributed by atoms with Gasteiger partial charge in [0, 0.05) is 10.2 Å². The van der Waals surface area contributed by atoms with E-state index in [4.69, 9.17) is 5.73 Å². The second kappa shape index (κ2) is 4.58. The molecule has 1 heterocycles. The standard InChI is InChI=1S/C12H9BrFNOS/c1-6-4-7(15)5-8(10(6)14)11(16)12-9(13)2-3-17-12/h2-5H,15H2,1H3. The van der Waals surface area contributed by atoms with Crippen molar-refractivity contribution in [3.05, 3.63) is 49.9 Å². The molecule has 0 saturated heterocycles. The van der Waals surface area contributed by atoms with Gasteiger partial charge in [0.1, 0.15) is 5.82 Å². The van der Waals surface area contributed by atoms with Gasteiger partial charge < -0.3 is 5.73 Å². The van der Waals surface area contributed by atoms with Gasteiger partial charge in [-0.2, -0.15) is 0 Å². The molecular weight excluding hydrogens is 305 g/mol. The summed E-state index contributed by atoms with van der Waals surface area (Å²) >= 11 is 4.53. The Morgan fingerprint density at radius 1 is 1.47 bits per heavy atom. The molecule has 0 bridgehead atoms. The second-order valence-electron chi connectivity index (χ2n) is 3.63. The Balaban J connectivity index is 2.55. The summed E-state index contributed by atoms with van der Waals surface area (Å²) in [6.07, 6.45) is 0. The first-order chi connectivity index (χ1) is 8.00. The van der Waals surface area contributed by atoms with Gasteiger partial charge in [0.05, 0.1) is 10.4 Å². The molecule has 17 heavy (non-hydrogen) atoms. The highest BCUT2D eigenvalue weighted by molar-refractivity contribution is 9.10. The Morgan fingerprint density at radius 3 is 2.76 bits per heavy atom. The molecule has 0 radical (unpaired) electrons. The molecule has 0 atom stereocenters. The summed E-state index contributed by atoms with van der Waals surface area (Å²) in [6, 6.07) is 4.64. The van der Waals surface area contributed by atoms with Crippen LogP contribution in [0.25, 0.3) is 0 Å². The molecule has 1 aromatic carbocycles. The lowest BCUT2D eigenvalue weighted by atomic mass is 10.0. The van der Waals surface area contributed by atoms with Crippen molar-refractivity contribution in [2.45, 2.75) is 6.92 Å². The van der Waals surface area contributed by atoms with Crippen LogP contribution in [-0.2, 0) is 0 Å². The largest absolute Gasteiger partial charge is 0.399 e. The predicted octanol–water partition coefficient (Wildman–Crippen LogP) is 3.77. The summed E-state index contributed by atoms with van der Waals surface area (Å²) in [4.78, 5) is 12.6. The number of ketones is 1. The average Bonchev–Trinajstić information content (AvgIpc) is 2.69. The number of anilines is 1. The van der Waals surface area contributed by atoms with Crippen LogP contribution < -0.4 is 5.73 Å². The SMILES string of the molecule is Cc1cc(N)cc(C(=O)c2sccc2Br)c1F. The van der Waals surface area contributed by atoms with Gasteiger partial charge in [0.15, 0.2) is 0 Å². The zero-order valence-electron chi connectivity index (χ0n) is 8.96. The smallest absolute Gasteiger partial charge is 0.207 e. The molecule has 0 spiro atoms. The summed E-state index contributed by atoms with van der Waals surface area (Å²) in [5, 5.41) is 1.77. The third-order valence-corrected chi connectivity index (χ3v) is 4.18. The fraction of sp³-hybridized carbons (Fsp3) is 0.0833. The van der Waals surface area contributed by atoms with Crippen molar-refractivity contribution in [3.8, 4) is 0 Å². The summed E-state index contributed by atoms with van der Waals surface area (Å²) in [5.41, 5.74) is 6.41. The molecule has 1 aromatic heterocycles. The van der Waals surface area contributed by atoms with E-state index in [-0.39, 0.29) is 11.3 Å². The van der Waals surface area contributed by atoms with Crippen LogP contribution in [0.3, 0.4) is 0 Å². The quantitative estimate of drug-likeness (QED) is 0.677. The van der Waals surface area contributed by atoms with Crippen molar-refractivity contribution < 1.29 is 9.18 Å². The van der Waals surface area contributed by atoms with E-state index in [0.29, 0.717) is 20.6 Å². The maximum atomic E-state index is 13.9. The van der Waals surface area contributed by atoms with Crippen molar-refractivity contribution >= 4 is 38.7 Å². The topological polar surface area (TPSA) is 43.1 Å². The first-order valence-corrected chi connectivity index (χ1v) is 6.51. The molecule has 2 aromatic rings. The molecular formula is C12H9BrFNOS. The van der Waals surface area contributed by atoms with Crippen molar-refractivity contribution in [1.82, 2.24) is 0 Å². The van der Waals surface area contributed by atoms with Gasteiger partial charge in [-0.05, 0) is 52.0 Å². The summed E-state index contributed by atoms with van der Waals surface area (Å²) in [5.74, 6) is -0.857. The number of carbonyl (C=O) groups excluding carboxylic acids is 1. The normalized spacial score (nSPS) is 10.5. The minimum Gasteiger partial charge on any atom is -0.399 e. The number of benzene rings is 1. The zero-order chi connectivity index (χ0) is 12.6. The molecule has 0 aliphatic carbocycles. The van der Waals surface area contributed by atoms with Crippen LogP contribution in [0.2, 0.25) is 0 Å². The number of halogens is 2. The zero-order valence-corrected chi connectivity index (χ0v) is 11.4. The summed E-state index contributed by atoms with van der Waals surface area (Å²) in [7, 11) is 0. The van der Waals surface area contributed by atoms with E-state index in [1.54, 1.807) is 18.4 Å². The van der Waals surface area contributed by atoms with Gasteiger partial charge in [0.2, 0.25) is 5.78 Å². The number of hydrogen-bond acceptors (Lipinski definition) is 3. The molecule has 2 rings (SSSR count). The van der Waals surface area contributed by atoms with Gasteiger partial charge >= 0.3 is 0 Å². The van der Waals surface area contributed by atoms with Crippen LogP contribution in [0.4, 0.5) is 10.1 Å². The third-order valence-electron chi connectivity index (χ3n) is 2.34. The van der Waals surface area contributed by atoms with E-state index in [9.17, 15) is 9.18 Å². The first kappa shape index (κ1) is 12.3. The van der Waals surface area contributed by atoms with Crippen LogP contribution >= 0.6 is 27.3 Å². The molecule has 0 fully saturated rings. The molecule has 88 valence electrons. The van der Waals surface area contributed by atoms with Gasteiger partial charge in [-0.15, -0.1) is 11.3 Å². The van der Waals surface area contributed by atoms with Gasteiger partial charge in [-0.3, -0.25) is 4.79 Å². The fourth-order valence-electron chi connectivity index (χ4n) is 1.54. The lowest BCUT2D eigenvalue weighted by Gasteiger charge is -2.06. The average molecular weight is 314 g/mol. The predicted molar refractivity (Wildman–Crippen MR) is 71.0 cm³/mol. The lowest BCUT2D eigenvalue weighted by Crippen LogP contribution is -2.05. The van der Waals surface area contributed by atoms with Crippen LogP contribution in [0.15, 0.2) is 28.1 Å². The van der Waals surface area contributed by atoms with Crippen LogP contribution in [0.5, 0.6) is 0 Å². The maximum Gasteiger partial charge on any atom is 0.207 e.